The van der Waals surface area contributed by atoms with E-state index in [0.29, 0.717) is 5.84 Å². The Hall–Kier alpha value is -1.84. The highest BCUT2D eigenvalue weighted by atomic mass is 16.4. The van der Waals surface area contributed by atoms with E-state index in [2.05, 4.69) is 13.8 Å². The molecule has 0 atom stereocenters. The molecule has 0 spiro atoms. The van der Waals surface area contributed by atoms with E-state index in [0.717, 1.165) is 31.5 Å². The molecule has 0 unspecified atom stereocenters. The van der Waals surface area contributed by atoms with Crippen molar-refractivity contribution >= 4 is 11.8 Å². The fraction of sp³-hybridized carbons (Fsp3) is 0.500. The van der Waals surface area contributed by atoms with Crippen molar-refractivity contribution in [1.29, 1.82) is 5.41 Å². The summed E-state index contributed by atoms with van der Waals surface area (Å²) in [7, 11) is 0. The third-order valence-corrected chi connectivity index (χ3v) is 3.33. The quantitative estimate of drug-likeness (QED) is 0.654. The number of amidine groups is 1. The monoisotopic (exact) mass is 276 g/mol. The van der Waals surface area contributed by atoms with Crippen LogP contribution in [0.1, 0.15) is 55.5 Å². The third-order valence-electron chi connectivity index (χ3n) is 3.33. The Bertz CT molecular complexity index is 432. The van der Waals surface area contributed by atoms with Crippen molar-refractivity contribution in [3.8, 4) is 0 Å². The Kier molecular flexibility index (Phi) is 6.77. The number of carboxylic acids is 1. The zero-order valence-corrected chi connectivity index (χ0v) is 12.4. The second-order valence-corrected chi connectivity index (χ2v) is 4.93. The van der Waals surface area contributed by atoms with Gasteiger partial charge in [-0.25, -0.2) is 4.79 Å². The van der Waals surface area contributed by atoms with Crippen LogP contribution in [0, 0.1) is 5.41 Å². The van der Waals surface area contributed by atoms with E-state index in [9.17, 15) is 4.79 Å². The number of benzene rings is 1. The first-order valence-electron chi connectivity index (χ1n) is 7.27. The summed E-state index contributed by atoms with van der Waals surface area (Å²) in [5, 5.41) is 16.7. The number of likely N-dealkylation sites (tertiary alicyclic amines) is 1. The largest absolute Gasteiger partial charge is 0.478 e. The van der Waals surface area contributed by atoms with Crippen LogP contribution < -0.4 is 0 Å². The average Bonchev–Trinajstić information content (AvgIpc) is 3.01. The SMILES string of the molecule is CCCC.N=C(c1ccc(C(=O)O)cc1)N1CCCC1. The fourth-order valence-corrected chi connectivity index (χ4v) is 1.89. The normalized spacial score (nSPS) is 13.6. The van der Waals surface area contributed by atoms with Gasteiger partial charge in [0.25, 0.3) is 0 Å². The van der Waals surface area contributed by atoms with Gasteiger partial charge in [-0.3, -0.25) is 5.41 Å². The molecule has 0 aliphatic carbocycles. The molecule has 1 heterocycles. The van der Waals surface area contributed by atoms with Gasteiger partial charge in [0.15, 0.2) is 0 Å². The van der Waals surface area contributed by atoms with Crippen molar-refractivity contribution in [3.05, 3.63) is 35.4 Å². The molecule has 0 amide bonds. The van der Waals surface area contributed by atoms with Crippen LogP contribution >= 0.6 is 0 Å². The van der Waals surface area contributed by atoms with Gasteiger partial charge in [-0.05, 0) is 25.0 Å². The Morgan fingerprint density at radius 1 is 1.10 bits per heavy atom. The van der Waals surface area contributed by atoms with Crippen molar-refractivity contribution in [2.75, 3.05) is 13.1 Å². The minimum absolute atomic E-state index is 0.262. The number of hydrogen-bond acceptors (Lipinski definition) is 2. The van der Waals surface area contributed by atoms with Gasteiger partial charge in [0.1, 0.15) is 5.84 Å². The number of aromatic carboxylic acids is 1. The molecule has 2 rings (SSSR count). The predicted octanol–water partition coefficient (Wildman–Crippen LogP) is 3.61. The van der Waals surface area contributed by atoms with Crippen LogP contribution in [0.5, 0.6) is 0 Å². The lowest BCUT2D eigenvalue weighted by Gasteiger charge is -2.18. The number of nitrogens with one attached hydrogen (secondary N) is 1. The number of nitrogens with zero attached hydrogens (tertiary/aromatic N) is 1. The topological polar surface area (TPSA) is 64.4 Å². The van der Waals surface area contributed by atoms with E-state index in [-0.39, 0.29) is 5.56 Å². The lowest BCUT2D eigenvalue weighted by Crippen LogP contribution is -2.27. The fourth-order valence-electron chi connectivity index (χ4n) is 1.89. The van der Waals surface area contributed by atoms with Crippen LogP contribution in [-0.4, -0.2) is 34.9 Å². The summed E-state index contributed by atoms with van der Waals surface area (Å²) in [5.74, 6) is -0.436. The van der Waals surface area contributed by atoms with Crippen molar-refractivity contribution < 1.29 is 9.90 Å². The maximum Gasteiger partial charge on any atom is 0.335 e. The van der Waals surface area contributed by atoms with Gasteiger partial charge in [-0.2, -0.15) is 0 Å². The first kappa shape index (κ1) is 16.2. The smallest absolute Gasteiger partial charge is 0.335 e. The van der Waals surface area contributed by atoms with Crippen molar-refractivity contribution in [1.82, 2.24) is 4.90 Å². The molecule has 20 heavy (non-hydrogen) atoms. The highest BCUT2D eigenvalue weighted by molar-refractivity contribution is 5.97. The number of hydrogen-bond donors (Lipinski definition) is 2. The molecule has 110 valence electrons. The minimum Gasteiger partial charge on any atom is -0.478 e. The van der Waals surface area contributed by atoms with E-state index in [4.69, 9.17) is 10.5 Å². The average molecular weight is 276 g/mol. The molecule has 1 aromatic carbocycles. The second kappa shape index (κ2) is 8.35. The molecule has 4 nitrogen and oxygen atoms in total. The van der Waals surface area contributed by atoms with Crippen LogP contribution in [0.15, 0.2) is 24.3 Å². The minimum atomic E-state index is -0.931. The Morgan fingerprint density at radius 3 is 1.95 bits per heavy atom. The van der Waals surface area contributed by atoms with Gasteiger partial charge in [0.2, 0.25) is 0 Å². The van der Waals surface area contributed by atoms with E-state index in [1.165, 1.54) is 12.8 Å². The lowest BCUT2D eigenvalue weighted by atomic mass is 10.1. The molecule has 1 aliphatic heterocycles. The number of rotatable bonds is 3. The van der Waals surface area contributed by atoms with Crippen molar-refractivity contribution in [2.24, 2.45) is 0 Å². The maximum atomic E-state index is 10.7. The zero-order valence-electron chi connectivity index (χ0n) is 12.4. The van der Waals surface area contributed by atoms with Gasteiger partial charge in [0.05, 0.1) is 5.56 Å². The van der Waals surface area contributed by atoms with Crippen LogP contribution in [0.25, 0.3) is 0 Å². The van der Waals surface area contributed by atoms with Crippen LogP contribution in [0.2, 0.25) is 0 Å². The number of carbonyl (C=O) groups is 1. The highest BCUT2D eigenvalue weighted by Crippen LogP contribution is 2.13. The van der Waals surface area contributed by atoms with Gasteiger partial charge >= 0.3 is 5.97 Å². The number of carboxylic acid groups (broad SMARTS) is 1. The summed E-state index contributed by atoms with van der Waals surface area (Å²) in [6, 6.07) is 6.48. The molecule has 0 saturated carbocycles. The highest BCUT2D eigenvalue weighted by Gasteiger charge is 2.16. The van der Waals surface area contributed by atoms with E-state index < -0.39 is 5.97 Å². The van der Waals surface area contributed by atoms with Crippen LogP contribution in [0.4, 0.5) is 0 Å². The first-order chi connectivity index (χ1) is 9.60. The summed E-state index contributed by atoms with van der Waals surface area (Å²) >= 11 is 0. The predicted molar refractivity (Wildman–Crippen MR) is 81.6 cm³/mol. The van der Waals surface area contributed by atoms with Gasteiger partial charge < -0.3 is 10.0 Å². The van der Waals surface area contributed by atoms with Crippen molar-refractivity contribution in [2.45, 2.75) is 39.5 Å². The lowest BCUT2D eigenvalue weighted by molar-refractivity contribution is 0.0697. The van der Waals surface area contributed by atoms with Crippen LogP contribution in [-0.2, 0) is 0 Å². The molecule has 0 bridgehead atoms. The van der Waals surface area contributed by atoms with Gasteiger partial charge in [0, 0.05) is 18.7 Å². The Balaban J connectivity index is 0.000000444. The molecule has 0 aromatic heterocycles. The second-order valence-electron chi connectivity index (χ2n) is 4.93. The molecule has 1 fully saturated rings. The molecular formula is C16H24N2O2. The molecule has 4 heteroatoms. The molecule has 0 radical (unpaired) electrons. The summed E-state index contributed by atoms with van der Waals surface area (Å²) in [5.41, 5.74) is 1.05. The van der Waals surface area contributed by atoms with Gasteiger partial charge in [-0.15, -0.1) is 0 Å². The molecular weight excluding hydrogens is 252 g/mol. The molecule has 1 aromatic rings. The summed E-state index contributed by atoms with van der Waals surface area (Å²) < 4.78 is 0. The molecule has 1 saturated heterocycles. The number of unbranched alkanes of at least 4 members (excludes halogenated alkanes) is 1. The third kappa shape index (κ3) is 4.68. The van der Waals surface area contributed by atoms with Crippen molar-refractivity contribution in [3.63, 3.8) is 0 Å². The molecule has 1 aliphatic rings. The zero-order chi connectivity index (χ0) is 15.0. The molecule has 2 N–H and O–H groups in total. The summed E-state index contributed by atoms with van der Waals surface area (Å²) in [4.78, 5) is 12.7. The summed E-state index contributed by atoms with van der Waals surface area (Å²) in [6.45, 7) is 6.22. The summed E-state index contributed by atoms with van der Waals surface area (Å²) in [6.07, 6.45) is 4.91. The maximum absolute atomic E-state index is 10.7. The Labute approximate surface area is 120 Å². The van der Waals surface area contributed by atoms with E-state index in [1.807, 2.05) is 4.90 Å². The van der Waals surface area contributed by atoms with E-state index in [1.54, 1.807) is 24.3 Å². The first-order valence-corrected chi connectivity index (χ1v) is 7.27. The van der Waals surface area contributed by atoms with Gasteiger partial charge in [-0.1, -0.05) is 38.8 Å². The van der Waals surface area contributed by atoms with E-state index >= 15 is 0 Å². The standard InChI is InChI=1S/C12H14N2O2.C4H10/c13-11(14-7-1-2-8-14)9-3-5-10(6-4-9)12(15)16;1-3-4-2/h3-6,13H,1-2,7-8H2,(H,15,16);3-4H2,1-2H3. The Morgan fingerprint density at radius 2 is 1.55 bits per heavy atom. The van der Waals surface area contributed by atoms with Crippen LogP contribution in [0.3, 0.4) is 0 Å².